The maximum atomic E-state index is 12.5. The van der Waals surface area contributed by atoms with Crippen molar-refractivity contribution in [2.24, 2.45) is 7.05 Å². The summed E-state index contributed by atoms with van der Waals surface area (Å²) in [5.41, 5.74) is 3.01. The zero-order valence-corrected chi connectivity index (χ0v) is 13.9. The third-order valence-corrected chi connectivity index (χ3v) is 4.28. The van der Waals surface area contributed by atoms with Gasteiger partial charge in [0.05, 0.1) is 18.3 Å². The number of carbonyl (C=O) groups excluding carboxylic acids is 2. The fourth-order valence-corrected chi connectivity index (χ4v) is 2.82. The molecule has 0 radical (unpaired) electrons. The maximum absolute atomic E-state index is 12.5. The molecule has 0 saturated carbocycles. The predicted octanol–water partition coefficient (Wildman–Crippen LogP) is 0.583. The summed E-state index contributed by atoms with van der Waals surface area (Å²) in [7, 11) is 1.74. The van der Waals surface area contributed by atoms with Crippen molar-refractivity contribution < 1.29 is 9.59 Å². The van der Waals surface area contributed by atoms with Gasteiger partial charge in [0, 0.05) is 20.1 Å². The number of hydrogen-bond acceptors (Lipinski definition) is 4. The van der Waals surface area contributed by atoms with Crippen LogP contribution in [0.4, 0.5) is 0 Å². The highest BCUT2D eigenvalue weighted by atomic mass is 16.2. The van der Waals surface area contributed by atoms with Gasteiger partial charge in [-0.15, -0.1) is 5.10 Å². The number of rotatable bonds is 5. The molecule has 2 aromatic rings. The number of nitrogens with one attached hydrogen (secondary N) is 1. The van der Waals surface area contributed by atoms with Gasteiger partial charge in [0.2, 0.25) is 11.8 Å². The zero-order valence-electron chi connectivity index (χ0n) is 13.9. The molecule has 126 valence electrons. The second-order valence-corrected chi connectivity index (χ2v) is 6.18. The number of likely N-dealkylation sites (tertiary alicyclic amines) is 1. The molecule has 3 rings (SSSR count). The molecule has 1 N–H and O–H groups in total. The smallest absolute Gasteiger partial charge is 0.245 e. The number of aryl methyl sites for hydroxylation is 2. The molecule has 1 aliphatic heterocycles. The average molecular weight is 327 g/mol. The Morgan fingerprint density at radius 2 is 2.08 bits per heavy atom. The highest BCUT2D eigenvalue weighted by Gasteiger charge is 2.32. The summed E-state index contributed by atoms with van der Waals surface area (Å²) in [6.07, 6.45) is 2.37. The molecule has 0 bridgehead atoms. The standard InChI is InChI=1S/C17H21N5O2/c1-12-3-5-13(6-4-12)11-22-8-7-15(17(22)24)19-16(23)9-14-10-18-20-21(14)2/h3-6,10,15H,7-9,11H2,1-2H3,(H,19,23). The van der Waals surface area contributed by atoms with E-state index in [1.165, 1.54) is 5.56 Å². The normalized spacial score (nSPS) is 17.3. The third kappa shape index (κ3) is 3.61. The van der Waals surface area contributed by atoms with Crippen LogP contribution in [0.15, 0.2) is 30.5 Å². The fourth-order valence-electron chi connectivity index (χ4n) is 2.82. The van der Waals surface area contributed by atoms with E-state index in [2.05, 4.69) is 15.6 Å². The van der Waals surface area contributed by atoms with Gasteiger partial charge in [0.15, 0.2) is 0 Å². The van der Waals surface area contributed by atoms with E-state index in [1.807, 2.05) is 31.2 Å². The molecule has 24 heavy (non-hydrogen) atoms. The Labute approximate surface area is 140 Å². The molecule has 7 heteroatoms. The van der Waals surface area contributed by atoms with Gasteiger partial charge in [0.1, 0.15) is 6.04 Å². The Morgan fingerprint density at radius 3 is 2.75 bits per heavy atom. The molecular weight excluding hydrogens is 306 g/mol. The van der Waals surface area contributed by atoms with Crippen LogP contribution < -0.4 is 5.32 Å². The van der Waals surface area contributed by atoms with E-state index in [9.17, 15) is 9.59 Å². The van der Waals surface area contributed by atoms with Crippen LogP contribution in [0.2, 0.25) is 0 Å². The van der Waals surface area contributed by atoms with Crippen LogP contribution in [0, 0.1) is 6.92 Å². The van der Waals surface area contributed by atoms with E-state index in [-0.39, 0.29) is 18.2 Å². The summed E-state index contributed by atoms with van der Waals surface area (Å²) < 4.78 is 1.56. The number of benzene rings is 1. The number of aromatic nitrogens is 3. The summed E-state index contributed by atoms with van der Waals surface area (Å²) in [5.74, 6) is -0.206. The summed E-state index contributed by atoms with van der Waals surface area (Å²) in [6.45, 7) is 3.27. The topological polar surface area (TPSA) is 80.1 Å². The van der Waals surface area contributed by atoms with Gasteiger partial charge in [-0.3, -0.25) is 14.3 Å². The second-order valence-electron chi connectivity index (χ2n) is 6.18. The molecule has 1 aliphatic rings. The molecule has 1 saturated heterocycles. The largest absolute Gasteiger partial charge is 0.344 e. The molecular formula is C17H21N5O2. The number of carbonyl (C=O) groups is 2. The molecule has 1 aromatic heterocycles. The van der Waals surface area contributed by atoms with Crippen LogP contribution in [-0.4, -0.2) is 44.3 Å². The molecule has 1 fully saturated rings. The number of amides is 2. The SMILES string of the molecule is Cc1ccc(CN2CCC(NC(=O)Cc3cnnn3C)C2=O)cc1. The van der Waals surface area contributed by atoms with Gasteiger partial charge < -0.3 is 10.2 Å². The van der Waals surface area contributed by atoms with Crippen molar-refractivity contribution >= 4 is 11.8 Å². The Balaban J connectivity index is 1.55. The molecule has 0 spiro atoms. The monoisotopic (exact) mass is 327 g/mol. The minimum Gasteiger partial charge on any atom is -0.344 e. The van der Waals surface area contributed by atoms with Gasteiger partial charge in [-0.2, -0.15) is 0 Å². The van der Waals surface area contributed by atoms with Crippen molar-refractivity contribution in [1.29, 1.82) is 0 Å². The Kier molecular flexibility index (Phi) is 4.59. The molecule has 2 heterocycles. The van der Waals surface area contributed by atoms with Crippen molar-refractivity contribution in [2.75, 3.05) is 6.54 Å². The van der Waals surface area contributed by atoms with E-state index >= 15 is 0 Å². The lowest BCUT2D eigenvalue weighted by Crippen LogP contribution is -2.42. The van der Waals surface area contributed by atoms with Crippen molar-refractivity contribution in [3.05, 3.63) is 47.3 Å². The quantitative estimate of drug-likeness (QED) is 0.871. The summed E-state index contributed by atoms with van der Waals surface area (Å²) in [6, 6.07) is 7.70. The van der Waals surface area contributed by atoms with Crippen molar-refractivity contribution in [3.8, 4) is 0 Å². The van der Waals surface area contributed by atoms with E-state index in [0.717, 1.165) is 11.3 Å². The van der Waals surface area contributed by atoms with Crippen LogP contribution in [0.5, 0.6) is 0 Å². The number of nitrogens with zero attached hydrogens (tertiary/aromatic N) is 4. The first-order valence-corrected chi connectivity index (χ1v) is 8.00. The third-order valence-electron chi connectivity index (χ3n) is 4.28. The van der Waals surface area contributed by atoms with Gasteiger partial charge in [-0.1, -0.05) is 35.0 Å². The Bertz CT molecular complexity index is 738. The molecule has 7 nitrogen and oxygen atoms in total. The average Bonchev–Trinajstić information content (AvgIpc) is 3.10. The lowest BCUT2D eigenvalue weighted by atomic mass is 10.1. The first-order valence-electron chi connectivity index (χ1n) is 8.00. The summed E-state index contributed by atoms with van der Waals surface area (Å²) in [4.78, 5) is 26.4. The van der Waals surface area contributed by atoms with Crippen LogP contribution in [-0.2, 0) is 29.6 Å². The van der Waals surface area contributed by atoms with Crippen molar-refractivity contribution in [3.63, 3.8) is 0 Å². The van der Waals surface area contributed by atoms with Crippen molar-refractivity contribution in [2.45, 2.75) is 32.4 Å². The lowest BCUT2D eigenvalue weighted by molar-refractivity contribution is -0.132. The predicted molar refractivity (Wildman–Crippen MR) is 87.9 cm³/mol. The highest BCUT2D eigenvalue weighted by molar-refractivity contribution is 5.89. The number of hydrogen-bond donors (Lipinski definition) is 1. The minimum atomic E-state index is -0.441. The van der Waals surface area contributed by atoms with E-state index in [0.29, 0.717) is 19.5 Å². The van der Waals surface area contributed by atoms with Gasteiger partial charge in [-0.25, -0.2) is 0 Å². The lowest BCUT2D eigenvalue weighted by Gasteiger charge is -2.17. The van der Waals surface area contributed by atoms with Crippen molar-refractivity contribution in [1.82, 2.24) is 25.2 Å². The molecule has 1 atom stereocenters. The summed E-state index contributed by atoms with van der Waals surface area (Å²) >= 11 is 0. The maximum Gasteiger partial charge on any atom is 0.245 e. The minimum absolute atomic E-state index is 0.0212. The highest BCUT2D eigenvalue weighted by Crippen LogP contribution is 2.16. The molecule has 1 aromatic carbocycles. The van der Waals surface area contributed by atoms with Crippen LogP contribution in [0.1, 0.15) is 23.2 Å². The fraction of sp³-hybridized carbons (Fsp3) is 0.412. The van der Waals surface area contributed by atoms with E-state index in [1.54, 1.807) is 22.8 Å². The Morgan fingerprint density at radius 1 is 1.33 bits per heavy atom. The van der Waals surface area contributed by atoms with Gasteiger partial charge in [0.25, 0.3) is 0 Å². The molecule has 2 amide bonds. The first-order chi connectivity index (χ1) is 11.5. The zero-order chi connectivity index (χ0) is 17.1. The molecule has 1 unspecified atom stereocenters. The molecule has 0 aliphatic carbocycles. The van der Waals surface area contributed by atoms with Gasteiger partial charge >= 0.3 is 0 Å². The second kappa shape index (κ2) is 6.82. The summed E-state index contributed by atoms with van der Waals surface area (Å²) in [5, 5.41) is 10.4. The van der Waals surface area contributed by atoms with E-state index in [4.69, 9.17) is 0 Å². The van der Waals surface area contributed by atoms with Crippen LogP contribution in [0.3, 0.4) is 0 Å². The van der Waals surface area contributed by atoms with Crippen LogP contribution in [0.25, 0.3) is 0 Å². The first kappa shape index (κ1) is 16.2. The van der Waals surface area contributed by atoms with Gasteiger partial charge in [-0.05, 0) is 18.9 Å². The Hall–Kier alpha value is -2.70. The van der Waals surface area contributed by atoms with E-state index < -0.39 is 6.04 Å². The van der Waals surface area contributed by atoms with Crippen LogP contribution >= 0.6 is 0 Å².